The van der Waals surface area contributed by atoms with Crippen LogP contribution in [0.1, 0.15) is 12.8 Å². The lowest BCUT2D eigenvalue weighted by Gasteiger charge is -2.15. The molecular weight excluding hydrogens is 268 g/mol. The Morgan fingerprint density at radius 2 is 1.90 bits per heavy atom. The van der Waals surface area contributed by atoms with Gasteiger partial charge in [-0.1, -0.05) is 12.1 Å². The Labute approximate surface area is 127 Å². The molecule has 120 valence electrons. The molecule has 0 amide bonds. The SMILES string of the molecule is COc1ccccc1OCC(O)CNCCCCN(C)C. The molecule has 0 spiro atoms. The number of hydrogen-bond donors (Lipinski definition) is 2. The van der Waals surface area contributed by atoms with Crippen molar-refractivity contribution in [2.45, 2.75) is 18.9 Å². The van der Waals surface area contributed by atoms with Crippen molar-refractivity contribution in [1.82, 2.24) is 10.2 Å². The molecule has 5 nitrogen and oxygen atoms in total. The third-order valence-electron chi connectivity index (χ3n) is 3.09. The molecule has 0 aliphatic rings. The third-order valence-corrected chi connectivity index (χ3v) is 3.09. The maximum absolute atomic E-state index is 9.88. The van der Waals surface area contributed by atoms with Gasteiger partial charge in [0.1, 0.15) is 12.7 Å². The molecule has 1 unspecified atom stereocenters. The molecule has 0 aliphatic carbocycles. The minimum atomic E-state index is -0.524. The fraction of sp³-hybridized carbons (Fsp3) is 0.625. The van der Waals surface area contributed by atoms with Crippen molar-refractivity contribution in [3.63, 3.8) is 0 Å². The highest BCUT2D eigenvalue weighted by Gasteiger charge is 2.07. The first-order chi connectivity index (χ1) is 10.1. The lowest BCUT2D eigenvalue weighted by Crippen LogP contribution is -2.32. The van der Waals surface area contributed by atoms with Crippen molar-refractivity contribution in [2.24, 2.45) is 0 Å². The Morgan fingerprint density at radius 1 is 1.19 bits per heavy atom. The molecule has 0 heterocycles. The summed E-state index contributed by atoms with van der Waals surface area (Å²) in [6.07, 6.45) is 1.75. The van der Waals surface area contributed by atoms with Gasteiger partial charge >= 0.3 is 0 Å². The normalized spacial score (nSPS) is 12.4. The van der Waals surface area contributed by atoms with Crippen LogP contribution >= 0.6 is 0 Å². The zero-order chi connectivity index (χ0) is 15.5. The first kappa shape index (κ1) is 17.8. The number of benzene rings is 1. The van der Waals surface area contributed by atoms with Crippen molar-refractivity contribution in [3.8, 4) is 11.5 Å². The number of para-hydroxylation sites is 2. The monoisotopic (exact) mass is 296 g/mol. The van der Waals surface area contributed by atoms with E-state index in [1.54, 1.807) is 7.11 Å². The van der Waals surface area contributed by atoms with E-state index < -0.39 is 6.10 Å². The molecule has 1 aromatic rings. The number of nitrogens with zero attached hydrogens (tertiary/aromatic N) is 1. The van der Waals surface area contributed by atoms with E-state index in [-0.39, 0.29) is 6.61 Å². The summed E-state index contributed by atoms with van der Waals surface area (Å²) in [4.78, 5) is 2.18. The summed E-state index contributed by atoms with van der Waals surface area (Å²) in [5.41, 5.74) is 0. The smallest absolute Gasteiger partial charge is 0.161 e. The Balaban J connectivity index is 2.12. The topological polar surface area (TPSA) is 54.0 Å². The second-order valence-electron chi connectivity index (χ2n) is 5.33. The van der Waals surface area contributed by atoms with E-state index in [0.717, 1.165) is 25.9 Å². The van der Waals surface area contributed by atoms with Gasteiger partial charge in [0.05, 0.1) is 7.11 Å². The summed E-state index contributed by atoms with van der Waals surface area (Å²) in [7, 11) is 5.76. The van der Waals surface area contributed by atoms with Crippen LogP contribution in [0.15, 0.2) is 24.3 Å². The first-order valence-corrected chi connectivity index (χ1v) is 7.42. The molecule has 0 fully saturated rings. The summed E-state index contributed by atoms with van der Waals surface area (Å²) >= 11 is 0. The Morgan fingerprint density at radius 3 is 2.57 bits per heavy atom. The molecule has 0 radical (unpaired) electrons. The number of ether oxygens (including phenoxy) is 2. The van der Waals surface area contributed by atoms with E-state index in [0.29, 0.717) is 18.0 Å². The van der Waals surface area contributed by atoms with E-state index >= 15 is 0 Å². The van der Waals surface area contributed by atoms with E-state index in [2.05, 4.69) is 24.3 Å². The van der Waals surface area contributed by atoms with Gasteiger partial charge in [0.2, 0.25) is 0 Å². The van der Waals surface area contributed by atoms with Crippen LogP contribution in [-0.4, -0.2) is 63.6 Å². The van der Waals surface area contributed by atoms with Gasteiger partial charge in [-0.2, -0.15) is 0 Å². The second kappa shape index (κ2) is 10.4. The van der Waals surface area contributed by atoms with E-state index in [1.165, 1.54) is 0 Å². The maximum atomic E-state index is 9.88. The zero-order valence-electron chi connectivity index (χ0n) is 13.3. The number of aliphatic hydroxyl groups excluding tert-OH is 1. The van der Waals surface area contributed by atoms with Gasteiger partial charge in [-0.25, -0.2) is 0 Å². The van der Waals surface area contributed by atoms with Crippen LogP contribution in [0.3, 0.4) is 0 Å². The van der Waals surface area contributed by atoms with Gasteiger partial charge in [-0.15, -0.1) is 0 Å². The number of rotatable bonds is 11. The molecule has 21 heavy (non-hydrogen) atoms. The van der Waals surface area contributed by atoms with Gasteiger partial charge in [0.15, 0.2) is 11.5 Å². The minimum Gasteiger partial charge on any atom is -0.493 e. The largest absolute Gasteiger partial charge is 0.493 e. The molecule has 0 bridgehead atoms. The molecule has 1 atom stereocenters. The molecule has 0 aromatic heterocycles. The lowest BCUT2D eigenvalue weighted by molar-refractivity contribution is 0.105. The Hall–Kier alpha value is -1.30. The standard InChI is InChI=1S/C16H28N2O3/c1-18(2)11-7-6-10-17-12-14(19)13-21-16-9-5-4-8-15(16)20-3/h4-5,8-9,14,17,19H,6-7,10-13H2,1-3H3. The number of methoxy groups -OCH3 is 1. The number of nitrogens with one attached hydrogen (secondary N) is 1. The van der Waals surface area contributed by atoms with Crippen molar-refractivity contribution in [3.05, 3.63) is 24.3 Å². The first-order valence-electron chi connectivity index (χ1n) is 7.42. The van der Waals surface area contributed by atoms with Crippen LogP contribution in [-0.2, 0) is 0 Å². The minimum absolute atomic E-state index is 0.255. The highest BCUT2D eigenvalue weighted by atomic mass is 16.5. The molecule has 1 aromatic carbocycles. The average Bonchev–Trinajstić information content (AvgIpc) is 2.48. The van der Waals surface area contributed by atoms with Crippen molar-refractivity contribution >= 4 is 0 Å². The summed E-state index contributed by atoms with van der Waals surface area (Å²) in [5.74, 6) is 1.34. The fourth-order valence-electron chi connectivity index (χ4n) is 1.93. The van der Waals surface area contributed by atoms with E-state index in [1.807, 2.05) is 24.3 Å². The Kier molecular flexibility index (Phi) is 8.82. The van der Waals surface area contributed by atoms with E-state index in [4.69, 9.17) is 9.47 Å². The van der Waals surface area contributed by atoms with Gasteiger partial charge in [-0.3, -0.25) is 0 Å². The van der Waals surface area contributed by atoms with Crippen molar-refractivity contribution in [2.75, 3.05) is 47.4 Å². The molecular formula is C16H28N2O3. The highest BCUT2D eigenvalue weighted by Crippen LogP contribution is 2.25. The number of unbranched alkanes of at least 4 members (excludes halogenated alkanes) is 1. The Bertz CT molecular complexity index is 386. The maximum Gasteiger partial charge on any atom is 0.161 e. The summed E-state index contributed by atoms with van der Waals surface area (Å²) in [5, 5.41) is 13.1. The molecule has 0 aliphatic heterocycles. The number of aliphatic hydroxyl groups is 1. The fourth-order valence-corrected chi connectivity index (χ4v) is 1.93. The van der Waals surface area contributed by atoms with Crippen LogP contribution in [0, 0.1) is 0 Å². The molecule has 5 heteroatoms. The molecule has 0 saturated carbocycles. The quantitative estimate of drug-likeness (QED) is 0.604. The highest BCUT2D eigenvalue weighted by molar-refractivity contribution is 5.39. The van der Waals surface area contributed by atoms with Gasteiger partial charge in [-0.05, 0) is 52.2 Å². The van der Waals surface area contributed by atoms with Crippen molar-refractivity contribution in [1.29, 1.82) is 0 Å². The third kappa shape index (κ3) is 7.90. The van der Waals surface area contributed by atoms with Crippen LogP contribution in [0.2, 0.25) is 0 Å². The molecule has 1 rings (SSSR count). The van der Waals surface area contributed by atoms with E-state index in [9.17, 15) is 5.11 Å². The zero-order valence-corrected chi connectivity index (χ0v) is 13.3. The van der Waals surface area contributed by atoms with Gasteiger partial charge in [0, 0.05) is 6.54 Å². The summed E-state index contributed by atoms with van der Waals surface area (Å²) in [6, 6.07) is 7.44. The second-order valence-corrected chi connectivity index (χ2v) is 5.33. The lowest BCUT2D eigenvalue weighted by atomic mass is 10.3. The predicted octanol–water partition coefficient (Wildman–Crippen LogP) is 1.37. The predicted molar refractivity (Wildman–Crippen MR) is 85.2 cm³/mol. The van der Waals surface area contributed by atoms with Crippen molar-refractivity contribution < 1.29 is 14.6 Å². The average molecular weight is 296 g/mol. The molecule has 0 saturated heterocycles. The van der Waals surface area contributed by atoms with Crippen LogP contribution in [0.25, 0.3) is 0 Å². The van der Waals surface area contributed by atoms with Crippen LogP contribution in [0.5, 0.6) is 11.5 Å². The van der Waals surface area contributed by atoms with Crippen LogP contribution < -0.4 is 14.8 Å². The number of hydrogen-bond acceptors (Lipinski definition) is 5. The molecule has 2 N–H and O–H groups in total. The van der Waals surface area contributed by atoms with Gasteiger partial charge in [0.25, 0.3) is 0 Å². The van der Waals surface area contributed by atoms with Crippen LogP contribution in [0.4, 0.5) is 0 Å². The van der Waals surface area contributed by atoms with Gasteiger partial charge < -0.3 is 24.8 Å². The summed E-state index contributed by atoms with van der Waals surface area (Å²) < 4.78 is 10.8. The summed E-state index contributed by atoms with van der Waals surface area (Å²) in [6.45, 7) is 2.81.